The molecule has 2 heterocycles. The number of benzene rings is 3. The van der Waals surface area contributed by atoms with Crippen LogP contribution in [0.5, 0.6) is 5.75 Å². The Kier molecular flexibility index (Phi) is 7.12. The summed E-state index contributed by atoms with van der Waals surface area (Å²) in [5.41, 5.74) is 7.03. The number of aromatic amines is 1. The normalized spacial score (nSPS) is 14.1. The first-order chi connectivity index (χ1) is 18.6. The first-order valence-corrected chi connectivity index (χ1v) is 13.4. The molecule has 5 rings (SSSR count). The fourth-order valence-electron chi connectivity index (χ4n) is 5.59. The number of rotatable bonds is 6. The zero-order valence-corrected chi connectivity index (χ0v) is 23.5. The zero-order chi connectivity index (χ0) is 27.9. The number of methoxy groups -OCH3 is 1. The minimum atomic E-state index is -0.985. The van der Waals surface area contributed by atoms with Crippen LogP contribution in [0.15, 0.2) is 53.3 Å². The summed E-state index contributed by atoms with van der Waals surface area (Å²) in [6.45, 7) is 10.8. The first kappa shape index (κ1) is 26.8. The Balaban J connectivity index is 1.84. The third-order valence-electron chi connectivity index (χ3n) is 7.29. The van der Waals surface area contributed by atoms with Crippen LogP contribution in [0.1, 0.15) is 61.1 Å². The number of aromatic nitrogens is 2. The third kappa shape index (κ3) is 5.11. The first-order valence-electron chi connectivity index (χ1n) is 13.4. The van der Waals surface area contributed by atoms with Crippen LogP contribution >= 0.6 is 0 Å². The van der Waals surface area contributed by atoms with Crippen LogP contribution < -0.4 is 10.4 Å². The molecule has 0 aliphatic carbocycles. The molecule has 0 amide bonds. The molecule has 1 atom stereocenters. The second-order valence-electron chi connectivity index (χ2n) is 11.2. The van der Waals surface area contributed by atoms with Gasteiger partial charge in [-0.3, -0.25) is 4.57 Å². The van der Waals surface area contributed by atoms with E-state index in [0.29, 0.717) is 24.2 Å². The molecule has 7 heteroatoms. The van der Waals surface area contributed by atoms with Gasteiger partial charge in [-0.25, -0.2) is 9.59 Å². The molecule has 1 N–H and O–H groups in total. The molecule has 204 valence electrons. The van der Waals surface area contributed by atoms with Crippen LogP contribution in [0, 0.1) is 13.8 Å². The van der Waals surface area contributed by atoms with Gasteiger partial charge < -0.3 is 19.2 Å². The number of carbonyl (C=O) groups excluding carboxylic acids is 1. The van der Waals surface area contributed by atoms with Gasteiger partial charge in [0, 0.05) is 5.56 Å². The third-order valence-corrected chi connectivity index (χ3v) is 7.29. The van der Waals surface area contributed by atoms with Crippen molar-refractivity contribution in [3.05, 3.63) is 86.8 Å². The van der Waals surface area contributed by atoms with Crippen molar-refractivity contribution in [2.24, 2.45) is 0 Å². The lowest BCUT2D eigenvalue weighted by Crippen LogP contribution is -2.29. The predicted molar refractivity (Wildman–Crippen MR) is 152 cm³/mol. The van der Waals surface area contributed by atoms with Gasteiger partial charge in [-0.15, -0.1) is 0 Å². The minimum absolute atomic E-state index is 0.201. The molecule has 0 saturated heterocycles. The van der Waals surface area contributed by atoms with Gasteiger partial charge in [0.25, 0.3) is 0 Å². The van der Waals surface area contributed by atoms with E-state index in [1.54, 1.807) is 4.57 Å². The van der Waals surface area contributed by atoms with Crippen molar-refractivity contribution in [3.8, 4) is 16.9 Å². The number of imidazole rings is 1. The Morgan fingerprint density at radius 2 is 1.85 bits per heavy atom. The summed E-state index contributed by atoms with van der Waals surface area (Å²) < 4.78 is 19.3. The maximum Gasteiger partial charge on any atom is 0.339 e. The largest absolute Gasteiger partial charge is 0.493 e. The van der Waals surface area contributed by atoms with Crippen LogP contribution in [0.25, 0.3) is 22.2 Å². The van der Waals surface area contributed by atoms with Gasteiger partial charge in [0.15, 0.2) is 6.10 Å². The molecule has 0 spiro atoms. The molecule has 0 bridgehead atoms. The van der Waals surface area contributed by atoms with E-state index in [0.717, 1.165) is 57.5 Å². The molecule has 7 nitrogen and oxygen atoms in total. The molecular formula is C32H36N2O5. The number of nitrogens with zero attached hydrogens (tertiary/aromatic N) is 1. The van der Waals surface area contributed by atoms with Gasteiger partial charge in [-0.2, -0.15) is 0 Å². The van der Waals surface area contributed by atoms with E-state index in [4.69, 9.17) is 14.2 Å². The van der Waals surface area contributed by atoms with Crippen molar-refractivity contribution in [1.82, 2.24) is 9.55 Å². The van der Waals surface area contributed by atoms with E-state index >= 15 is 0 Å². The molecule has 39 heavy (non-hydrogen) atoms. The molecule has 1 aliphatic heterocycles. The monoisotopic (exact) mass is 528 g/mol. The summed E-state index contributed by atoms with van der Waals surface area (Å²) in [6, 6.07) is 16.1. The Labute approximate surface area is 228 Å². The topological polar surface area (TPSA) is 82.6 Å². The number of aryl methyl sites for hydroxylation is 3. The van der Waals surface area contributed by atoms with Crippen LogP contribution in [0.3, 0.4) is 0 Å². The zero-order valence-electron chi connectivity index (χ0n) is 23.5. The number of hydrogen-bond donors (Lipinski definition) is 1. The number of nitrogens with one attached hydrogen (secondary N) is 1. The highest BCUT2D eigenvalue weighted by atomic mass is 16.6. The number of esters is 1. The molecule has 1 unspecified atom stereocenters. The molecule has 1 aromatic heterocycles. The summed E-state index contributed by atoms with van der Waals surface area (Å²) in [5, 5.41) is 0. The average molecular weight is 529 g/mol. The van der Waals surface area contributed by atoms with Crippen LogP contribution in [0.2, 0.25) is 0 Å². The van der Waals surface area contributed by atoms with Crippen molar-refractivity contribution in [2.75, 3.05) is 13.7 Å². The minimum Gasteiger partial charge on any atom is -0.493 e. The quantitative estimate of drug-likeness (QED) is 0.310. The van der Waals surface area contributed by atoms with Crippen molar-refractivity contribution >= 4 is 17.0 Å². The maximum absolute atomic E-state index is 13.4. The predicted octanol–water partition coefficient (Wildman–Crippen LogP) is 6.02. The van der Waals surface area contributed by atoms with E-state index in [1.165, 1.54) is 7.11 Å². The van der Waals surface area contributed by atoms with Crippen LogP contribution in [-0.2, 0) is 27.2 Å². The SMILES string of the molecule is COC(=O)C(OC(C)(C)C)c1c(-c2ccc3c(c2)CCCO3)c(C)c2c([nH]c(=O)n2Cc2ccccc2)c1C. The van der Waals surface area contributed by atoms with E-state index in [1.807, 2.05) is 77.1 Å². The summed E-state index contributed by atoms with van der Waals surface area (Å²) in [6.07, 6.45) is 0.883. The lowest BCUT2D eigenvalue weighted by molar-refractivity contribution is -0.164. The Morgan fingerprint density at radius 3 is 2.54 bits per heavy atom. The van der Waals surface area contributed by atoms with Crippen LogP contribution in [-0.4, -0.2) is 34.8 Å². The van der Waals surface area contributed by atoms with Crippen molar-refractivity contribution in [2.45, 2.75) is 65.7 Å². The van der Waals surface area contributed by atoms with Gasteiger partial charge in [-0.05, 0) is 93.0 Å². The smallest absolute Gasteiger partial charge is 0.339 e. The van der Waals surface area contributed by atoms with Crippen molar-refractivity contribution < 1.29 is 19.0 Å². The van der Waals surface area contributed by atoms with Gasteiger partial charge in [0.05, 0.1) is 36.9 Å². The van der Waals surface area contributed by atoms with E-state index in [-0.39, 0.29) is 5.69 Å². The lowest BCUT2D eigenvalue weighted by atomic mass is 9.86. The average Bonchev–Trinajstić information content (AvgIpc) is 3.25. The highest BCUT2D eigenvalue weighted by molar-refractivity contribution is 5.95. The molecule has 1 aliphatic rings. The Hall–Kier alpha value is -3.84. The second-order valence-corrected chi connectivity index (χ2v) is 11.2. The molecule has 0 radical (unpaired) electrons. The van der Waals surface area contributed by atoms with Crippen molar-refractivity contribution in [1.29, 1.82) is 0 Å². The van der Waals surface area contributed by atoms with Gasteiger partial charge in [0.1, 0.15) is 5.75 Å². The fraction of sp³-hybridized carbons (Fsp3) is 0.375. The fourth-order valence-corrected chi connectivity index (χ4v) is 5.59. The summed E-state index contributed by atoms with van der Waals surface area (Å²) in [4.78, 5) is 29.7. The highest BCUT2D eigenvalue weighted by Gasteiger charge is 2.34. The molecule has 3 aromatic carbocycles. The second kappa shape index (κ2) is 10.4. The summed E-state index contributed by atoms with van der Waals surface area (Å²) >= 11 is 0. The molecule has 0 saturated carbocycles. The maximum atomic E-state index is 13.4. The van der Waals surface area contributed by atoms with Gasteiger partial charge in [0.2, 0.25) is 0 Å². The summed E-state index contributed by atoms with van der Waals surface area (Å²) in [7, 11) is 1.37. The van der Waals surface area contributed by atoms with E-state index < -0.39 is 17.7 Å². The molecular weight excluding hydrogens is 492 g/mol. The number of ether oxygens (including phenoxy) is 3. The van der Waals surface area contributed by atoms with Crippen molar-refractivity contribution in [3.63, 3.8) is 0 Å². The highest BCUT2D eigenvalue weighted by Crippen LogP contribution is 2.43. The Bertz CT molecular complexity index is 1590. The van der Waals surface area contributed by atoms with Crippen LogP contribution in [0.4, 0.5) is 0 Å². The number of H-pyrrole nitrogens is 1. The number of hydrogen-bond acceptors (Lipinski definition) is 5. The van der Waals surface area contributed by atoms with Gasteiger partial charge >= 0.3 is 11.7 Å². The molecule has 0 fully saturated rings. The Morgan fingerprint density at radius 1 is 1.10 bits per heavy atom. The van der Waals surface area contributed by atoms with Gasteiger partial charge in [-0.1, -0.05) is 36.4 Å². The lowest BCUT2D eigenvalue weighted by Gasteiger charge is -2.30. The number of carbonyl (C=O) groups is 1. The summed E-state index contributed by atoms with van der Waals surface area (Å²) in [5.74, 6) is 0.403. The molecule has 4 aromatic rings. The van der Waals surface area contributed by atoms with E-state index in [9.17, 15) is 9.59 Å². The standard InChI is InChI=1S/C32H36N2O5/c1-19-26(29(30(35)37-6)39-32(3,4)5)25(23-14-15-24-22(17-23)13-10-16-38-24)20(2)28-27(19)33-31(36)34(28)18-21-11-8-7-9-12-21/h7-9,11-12,14-15,17,29H,10,13,16,18H2,1-6H3,(H,33,36). The number of fused-ring (bicyclic) bond motifs is 2. The van der Waals surface area contributed by atoms with E-state index in [2.05, 4.69) is 11.1 Å².